The number of benzene rings is 2. The third-order valence-electron chi connectivity index (χ3n) is 6.63. The average molecular weight is 445 g/mol. The molecule has 0 bridgehead atoms. The van der Waals surface area contributed by atoms with E-state index in [-0.39, 0.29) is 0 Å². The molecule has 6 nitrogen and oxygen atoms in total. The van der Waals surface area contributed by atoms with Crippen LogP contribution in [0.3, 0.4) is 0 Å². The van der Waals surface area contributed by atoms with Crippen molar-refractivity contribution in [2.75, 3.05) is 20.2 Å². The molecule has 0 radical (unpaired) electrons. The molecule has 0 spiro atoms. The molecule has 1 aliphatic heterocycles. The maximum absolute atomic E-state index is 11.3. The Kier molecular flexibility index (Phi) is 5.92. The first-order chi connectivity index (χ1) is 16.1. The Bertz CT molecular complexity index is 1250. The first-order valence-electron chi connectivity index (χ1n) is 11.3. The van der Waals surface area contributed by atoms with E-state index in [1.54, 1.807) is 25.5 Å². The maximum Gasteiger partial charge on any atom is 0.335 e. The van der Waals surface area contributed by atoms with E-state index in [0.717, 1.165) is 49.5 Å². The second-order valence-electron chi connectivity index (χ2n) is 8.73. The molecule has 1 saturated heterocycles. The predicted octanol–water partition coefficient (Wildman–Crippen LogP) is 5.37. The quantitative estimate of drug-likeness (QED) is 0.415. The van der Waals surface area contributed by atoms with Crippen LogP contribution in [0, 0.1) is 0 Å². The van der Waals surface area contributed by atoms with E-state index in [1.165, 1.54) is 16.5 Å². The van der Waals surface area contributed by atoms with Gasteiger partial charge in [-0.15, -0.1) is 0 Å². The predicted molar refractivity (Wildman–Crippen MR) is 127 cm³/mol. The van der Waals surface area contributed by atoms with Crippen LogP contribution in [0.5, 0.6) is 5.75 Å². The van der Waals surface area contributed by atoms with E-state index < -0.39 is 5.97 Å². The number of rotatable bonds is 7. The van der Waals surface area contributed by atoms with Crippen molar-refractivity contribution in [3.05, 3.63) is 89.5 Å². The van der Waals surface area contributed by atoms with E-state index in [0.29, 0.717) is 18.0 Å². The Morgan fingerprint density at radius 3 is 2.67 bits per heavy atom. The number of ether oxygens (including phenoxy) is 1. The molecular weight excluding hydrogens is 416 g/mol. The second kappa shape index (κ2) is 9.16. The van der Waals surface area contributed by atoms with Gasteiger partial charge in [-0.1, -0.05) is 12.1 Å². The Balaban J connectivity index is 1.34. The van der Waals surface area contributed by atoms with Gasteiger partial charge in [0.25, 0.3) is 0 Å². The third kappa shape index (κ3) is 4.52. The van der Waals surface area contributed by atoms with Crippen LogP contribution in [0.2, 0.25) is 0 Å². The fourth-order valence-electron chi connectivity index (χ4n) is 4.92. The van der Waals surface area contributed by atoms with Gasteiger partial charge in [0, 0.05) is 23.6 Å². The monoisotopic (exact) mass is 444 g/mol. The van der Waals surface area contributed by atoms with Gasteiger partial charge in [0.2, 0.25) is 0 Å². The topological polar surface area (TPSA) is 67.8 Å². The number of piperidine rings is 1. The van der Waals surface area contributed by atoms with Crippen molar-refractivity contribution in [2.24, 2.45) is 0 Å². The van der Waals surface area contributed by atoms with Crippen molar-refractivity contribution in [3.8, 4) is 5.75 Å². The van der Waals surface area contributed by atoms with Gasteiger partial charge in [0.15, 0.2) is 0 Å². The van der Waals surface area contributed by atoms with Gasteiger partial charge >= 0.3 is 5.97 Å². The number of methoxy groups -OCH3 is 1. The molecule has 0 saturated carbocycles. The van der Waals surface area contributed by atoms with Crippen molar-refractivity contribution >= 4 is 16.9 Å². The number of carbonyl (C=O) groups is 1. The Morgan fingerprint density at radius 2 is 1.94 bits per heavy atom. The second-order valence-corrected chi connectivity index (χ2v) is 8.73. The van der Waals surface area contributed by atoms with E-state index in [1.807, 2.05) is 30.3 Å². The molecule has 6 heteroatoms. The van der Waals surface area contributed by atoms with Crippen LogP contribution in [0.25, 0.3) is 10.9 Å². The van der Waals surface area contributed by atoms with Gasteiger partial charge in [0.05, 0.1) is 25.5 Å². The summed E-state index contributed by atoms with van der Waals surface area (Å²) in [5.74, 6) is 1.40. The lowest BCUT2D eigenvalue weighted by Gasteiger charge is -2.32. The number of likely N-dealkylation sites (tertiary alicyclic amines) is 1. The Labute approximate surface area is 193 Å². The summed E-state index contributed by atoms with van der Waals surface area (Å²) >= 11 is 0. The summed E-state index contributed by atoms with van der Waals surface area (Å²) in [4.78, 5) is 13.7. The van der Waals surface area contributed by atoms with E-state index >= 15 is 0 Å². The van der Waals surface area contributed by atoms with Gasteiger partial charge in [-0.3, -0.25) is 4.90 Å². The first kappa shape index (κ1) is 21.3. The highest BCUT2D eigenvalue weighted by atomic mass is 16.5. The standard InChI is InChI=1S/C27H28N2O4/c1-32-22-7-8-26-24(15-22)25(18-29(26)17-23-6-3-13-33-23)20-9-11-28(12-10-20)16-19-4-2-5-21(14-19)27(30)31/h2-8,13-15,18,20H,9-12,16-17H2,1H3,(H,30,31). The summed E-state index contributed by atoms with van der Waals surface area (Å²) in [7, 11) is 1.71. The molecule has 170 valence electrons. The summed E-state index contributed by atoms with van der Waals surface area (Å²) in [6, 6.07) is 17.5. The lowest BCUT2D eigenvalue weighted by Crippen LogP contribution is -2.32. The maximum atomic E-state index is 11.3. The fourth-order valence-corrected chi connectivity index (χ4v) is 4.92. The molecule has 1 fully saturated rings. The average Bonchev–Trinajstić information content (AvgIpc) is 3.48. The minimum Gasteiger partial charge on any atom is -0.497 e. The van der Waals surface area contributed by atoms with E-state index in [9.17, 15) is 9.90 Å². The molecule has 2 aromatic carbocycles. The molecule has 4 aromatic rings. The zero-order valence-corrected chi connectivity index (χ0v) is 18.7. The number of hydrogen-bond acceptors (Lipinski definition) is 4. The highest BCUT2D eigenvalue weighted by Crippen LogP contribution is 2.36. The molecule has 0 unspecified atom stereocenters. The molecule has 2 aromatic heterocycles. The molecule has 0 aliphatic carbocycles. The normalized spacial score (nSPS) is 15.2. The highest BCUT2D eigenvalue weighted by molar-refractivity contribution is 5.87. The van der Waals surface area contributed by atoms with Crippen molar-refractivity contribution in [1.29, 1.82) is 0 Å². The van der Waals surface area contributed by atoms with Crippen LogP contribution in [-0.4, -0.2) is 40.7 Å². The first-order valence-corrected chi connectivity index (χ1v) is 11.3. The van der Waals surface area contributed by atoms with Gasteiger partial charge in [0.1, 0.15) is 11.5 Å². The lowest BCUT2D eigenvalue weighted by molar-refractivity contribution is 0.0696. The summed E-state index contributed by atoms with van der Waals surface area (Å²) in [5, 5.41) is 10.5. The van der Waals surface area contributed by atoms with Crippen molar-refractivity contribution in [3.63, 3.8) is 0 Å². The van der Waals surface area contributed by atoms with Gasteiger partial charge in [-0.05, 0) is 85.4 Å². The SMILES string of the molecule is COc1ccc2c(c1)c(C1CCN(Cc3cccc(C(=O)O)c3)CC1)cn2Cc1ccco1. The summed E-state index contributed by atoms with van der Waals surface area (Å²) in [6.07, 6.45) is 6.13. The van der Waals surface area contributed by atoms with Crippen LogP contribution in [-0.2, 0) is 13.1 Å². The Morgan fingerprint density at radius 1 is 1.09 bits per heavy atom. The van der Waals surface area contributed by atoms with Crippen LogP contribution in [0.15, 0.2) is 71.5 Å². The molecule has 1 N–H and O–H groups in total. The number of nitrogens with zero attached hydrogens (tertiary/aromatic N) is 2. The number of carboxylic acids is 1. The molecule has 0 atom stereocenters. The molecule has 33 heavy (non-hydrogen) atoms. The summed E-state index contributed by atoms with van der Waals surface area (Å²) < 4.78 is 13.4. The molecule has 5 rings (SSSR count). The van der Waals surface area contributed by atoms with E-state index in [2.05, 4.69) is 27.8 Å². The van der Waals surface area contributed by atoms with Crippen LogP contribution in [0.4, 0.5) is 0 Å². The minimum atomic E-state index is -0.878. The fraction of sp³-hybridized carbons (Fsp3) is 0.296. The summed E-state index contributed by atoms with van der Waals surface area (Å²) in [6.45, 7) is 3.45. The van der Waals surface area contributed by atoms with Gasteiger partial charge in [-0.25, -0.2) is 4.79 Å². The van der Waals surface area contributed by atoms with E-state index in [4.69, 9.17) is 9.15 Å². The number of aromatic carboxylic acids is 1. The molecule has 3 heterocycles. The molecule has 0 amide bonds. The molecule has 1 aliphatic rings. The number of aromatic nitrogens is 1. The van der Waals surface area contributed by atoms with Crippen LogP contribution in [0.1, 0.15) is 46.0 Å². The van der Waals surface area contributed by atoms with Gasteiger partial charge < -0.3 is 18.8 Å². The highest BCUT2D eigenvalue weighted by Gasteiger charge is 2.24. The smallest absolute Gasteiger partial charge is 0.335 e. The largest absolute Gasteiger partial charge is 0.497 e. The lowest BCUT2D eigenvalue weighted by atomic mass is 9.89. The van der Waals surface area contributed by atoms with Crippen molar-refractivity contribution in [1.82, 2.24) is 9.47 Å². The molecular formula is C27H28N2O4. The van der Waals surface area contributed by atoms with Crippen LogP contribution < -0.4 is 4.74 Å². The summed E-state index contributed by atoms with van der Waals surface area (Å²) in [5.41, 5.74) is 3.95. The van der Waals surface area contributed by atoms with Crippen LogP contribution >= 0.6 is 0 Å². The van der Waals surface area contributed by atoms with Crippen molar-refractivity contribution < 1.29 is 19.1 Å². The zero-order chi connectivity index (χ0) is 22.8. The number of carboxylic acid groups (broad SMARTS) is 1. The van der Waals surface area contributed by atoms with Crippen molar-refractivity contribution in [2.45, 2.75) is 31.8 Å². The Hall–Kier alpha value is -3.51. The number of furan rings is 1. The third-order valence-corrected chi connectivity index (χ3v) is 6.63. The zero-order valence-electron chi connectivity index (χ0n) is 18.7. The van der Waals surface area contributed by atoms with Gasteiger partial charge in [-0.2, -0.15) is 0 Å². The number of fused-ring (bicyclic) bond motifs is 1. The minimum absolute atomic E-state index is 0.348. The number of hydrogen-bond donors (Lipinski definition) is 1.